The minimum atomic E-state index is 0.106. The molecule has 1 unspecified atom stereocenters. The number of aromatic hydroxyl groups is 1. The zero-order chi connectivity index (χ0) is 15.2. The molecule has 0 aliphatic carbocycles. The Morgan fingerprint density at radius 1 is 1.14 bits per heavy atom. The van der Waals surface area contributed by atoms with E-state index in [0.717, 1.165) is 11.1 Å². The number of halogens is 1. The summed E-state index contributed by atoms with van der Waals surface area (Å²) in [6.45, 7) is 0.727. The highest BCUT2D eigenvalue weighted by atomic mass is 35.5. The monoisotopic (exact) mass is 305 g/mol. The standard InChI is InChI=1S/C17H20ClNO2/c1-19(12-14-11-15(21)7-8-16(14)18)17(9-10-20)13-5-3-2-4-6-13/h2-8,11,17,20-21H,9-10,12H2,1H3. The van der Waals surface area contributed by atoms with Crippen LogP contribution in [0.25, 0.3) is 0 Å². The van der Waals surface area contributed by atoms with E-state index in [1.807, 2.05) is 25.2 Å². The number of hydrogen-bond donors (Lipinski definition) is 2. The van der Waals surface area contributed by atoms with Crippen LogP contribution in [0.5, 0.6) is 5.75 Å². The summed E-state index contributed by atoms with van der Waals surface area (Å²) in [5.41, 5.74) is 2.03. The van der Waals surface area contributed by atoms with E-state index in [1.54, 1.807) is 18.2 Å². The van der Waals surface area contributed by atoms with E-state index in [-0.39, 0.29) is 18.4 Å². The molecule has 112 valence electrons. The van der Waals surface area contributed by atoms with Crippen molar-refractivity contribution in [3.05, 3.63) is 64.7 Å². The summed E-state index contributed by atoms with van der Waals surface area (Å²) in [6, 6.07) is 15.1. The quantitative estimate of drug-likeness (QED) is 0.857. The number of nitrogens with zero attached hydrogens (tertiary/aromatic N) is 1. The van der Waals surface area contributed by atoms with Crippen LogP contribution in [0.2, 0.25) is 5.02 Å². The molecule has 2 N–H and O–H groups in total. The lowest BCUT2D eigenvalue weighted by Gasteiger charge is -2.28. The number of aliphatic hydroxyl groups is 1. The molecule has 4 heteroatoms. The molecule has 2 aromatic rings. The van der Waals surface area contributed by atoms with Gasteiger partial charge in [0.25, 0.3) is 0 Å². The molecular formula is C17H20ClNO2. The van der Waals surface area contributed by atoms with Gasteiger partial charge in [0.15, 0.2) is 0 Å². The predicted molar refractivity (Wildman–Crippen MR) is 85.5 cm³/mol. The van der Waals surface area contributed by atoms with E-state index >= 15 is 0 Å². The first-order valence-electron chi connectivity index (χ1n) is 6.95. The van der Waals surface area contributed by atoms with Crippen LogP contribution in [0.3, 0.4) is 0 Å². The minimum Gasteiger partial charge on any atom is -0.508 e. The second kappa shape index (κ2) is 7.46. The number of phenolic OH excluding ortho intramolecular Hbond substituents is 1. The Kier molecular flexibility index (Phi) is 5.62. The molecule has 0 saturated heterocycles. The summed E-state index contributed by atoms with van der Waals surface area (Å²) in [7, 11) is 1.99. The number of phenols is 1. The van der Waals surface area contributed by atoms with Gasteiger partial charge in [0.2, 0.25) is 0 Å². The Labute approximate surface area is 130 Å². The van der Waals surface area contributed by atoms with Crippen molar-refractivity contribution in [2.24, 2.45) is 0 Å². The maximum atomic E-state index is 9.59. The first kappa shape index (κ1) is 15.8. The van der Waals surface area contributed by atoms with E-state index in [0.29, 0.717) is 18.0 Å². The summed E-state index contributed by atoms with van der Waals surface area (Å²) >= 11 is 6.18. The van der Waals surface area contributed by atoms with Crippen LogP contribution in [0, 0.1) is 0 Å². The van der Waals surface area contributed by atoms with Crippen LogP contribution in [0.1, 0.15) is 23.6 Å². The molecule has 2 aromatic carbocycles. The molecule has 0 spiro atoms. The fourth-order valence-electron chi connectivity index (χ4n) is 2.50. The van der Waals surface area contributed by atoms with Gasteiger partial charge >= 0.3 is 0 Å². The van der Waals surface area contributed by atoms with Gasteiger partial charge in [0, 0.05) is 24.2 Å². The average Bonchev–Trinajstić information content (AvgIpc) is 2.49. The lowest BCUT2D eigenvalue weighted by Crippen LogP contribution is -2.25. The summed E-state index contributed by atoms with van der Waals surface area (Å²) in [5, 5.41) is 19.5. The molecule has 1 atom stereocenters. The molecule has 0 radical (unpaired) electrons. The minimum absolute atomic E-state index is 0.106. The number of aliphatic hydroxyl groups excluding tert-OH is 1. The smallest absolute Gasteiger partial charge is 0.116 e. The van der Waals surface area contributed by atoms with Crippen molar-refractivity contribution < 1.29 is 10.2 Å². The largest absolute Gasteiger partial charge is 0.508 e. The van der Waals surface area contributed by atoms with Gasteiger partial charge in [-0.1, -0.05) is 41.9 Å². The van der Waals surface area contributed by atoms with Gasteiger partial charge in [0.1, 0.15) is 5.75 Å². The lowest BCUT2D eigenvalue weighted by molar-refractivity contribution is 0.180. The lowest BCUT2D eigenvalue weighted by atomic mass is 10.0. The zero-order valence-corrected chi connectivity index (χ0v) is 12.8. The topological polar surface area (TPSA) is 43.7 Å². The van der Waals surface area contributed by atoms with E-state index in [4.69, 9.17) is 11.6 Å². The highest BCUT2D eigenvalue weighted by molar-refractivity contribution is 6.31. The van der Waals surface area contributed by atoms with Gasteiger partial charge in [-0.05, 0) is 42.8 Å². The van der Waals surface area contributed by atoms with E-state index in [2.05, 4.69) is 17.0 Å². The van der Waals surface area contributed by atoms with Crippen LogP contribution in [0.4, 0.5) is 0 Å². The van der Waals surface area contributed by atoms with Gasteiger partial charge in [0.05, 0.1) is 0 Å². The maximum absolute atomic E-state index is 9.59. The van der Waals surface area contributed by atoms with Crippen LogP contribution >= 0.6 is 11.6 Å². The van der Waals surface area contributed by atoms with Crippen LogP contribution in [-0.4, -0.2) is 28.8 Å². The summed E-state index contributed by atoms with van der Waals surface area (Å²) in [6.07, 6.45) is 0.650. The highest BCUT2D eigenvalue weighted by Gasteiger charge is 2.17. The Bertz CT molecular complexity index is 574. The first-order valence-corrected chi connectivity index (χ1v) is 7.33. The summed E-state index contributed by atoms with van der Waals surface area (Å²) < 4.78 is 0. The first-order chi connectivity index (χ1) is 10.1. The normalized spacial score (nSPS) is 12.6. The van der Waals surface area contributed by atoms with Gasteiger partial charge in [-0.3, -0.25) is 4.90 Å². The molecule has 0 fully saturated rings. The fraction of sp³-hybridized carbons (Fsp3) is 0.294. The fourth-order valence-corrected chi connectivity index (χ4v) is 2.68. The molecule has 3 nitrogen and oxygen atoms in total. The second-order valence-corrected chi connectivity index (χ2v) is 5.54. The molecule has 0 amide bonds. The highest BCUT2D eigenvalue weighted by Crippen LogP contribution is 2.28. The number of hydrogen-bond acceptors (Lipinski definition) is 3. The molecular weight excluding hydrogens is 286 g/mol. The van der Waals surface area contributed by atoms with Gasteiger partial charge < -0.3 is 10.2 Å². The van der Waals surface area contributed by atoms with E-state index < -0.39 is 0 Å². The molecule has 2 rings (SSSR count). The zero-order valence-electron chi connectivity index (χ0n) is 12.0. The Hall–Kier alpha value is -1.55. The van der Waals surface area contributed by atoms with E-state index in [9.17, 15) is 10.2 Å². The van der Waals surface area contributed by atoms with Crippen molar-refractivity contribution in [1.82, 2.24) is 4.90 Å². The van der Waals surface area contributed by atoms with Crippen LogP contribution in [0.15, 0.2) is 48.5 Å². The SMILES string of the molecule is CN(Cc1cc(O)ccc1Cl)C(CCO)c1ccccc1. The molecule has 0 heterocycles. The summed E-state index contributed by atoms with van der Waals surface area (Å²) in [5.74, 6) is 0.209. The van der Waals surface area contributed by atoms with Gasteiger partial charge in [-0.15, -0.1) is 0 Å². The van der Waals surface area contributed by atoms with Crippen LogP contribution in [-0.2, 0) is 6.54 Å². The number of benzene rings is 2. The van der Waals surface area contributed by atoms with Crippen LogP contribution < -0.4 is 0 Å². The number of rotatable bonds is 6. The van der Waals surface area contributed by atoms with E-state index in [1.165, 1.54) is 0 Å². The van der Waals surface area contributed by atoms with Crippen molar-refractivity contribution in [2.45, 2.75) is 19.0 Å². The van der Waals surface area contributed by atoms with Crippen molar-refractivity contribution in [3.63, 3.8) is 0 Å². The molecule has 0 aliphatic heterocycles. The van der Waals surface area contributed by atoms with Crippen molar-refractivity contribution in [2.75, 3.05) is 13.7 Å². The van der Waals surface area contributed by atoms with Crippen molar-refractivity contribution >= 4 is 11.6 Å². The molecule has 0 bridgehead atoms. The average molecular weight is 306 g/mol. The molecule has 0 aromatic heterocycles. The second-order valence-electron chi connectivity index (χ2n) is 5.13. The third-order valence-corrected chi connectivity index (χ3v) is 3.94. The Morgan fingerprint density at radius 2 is 1.86 bits per heavy atom. The molecule has 0 aliphatic rings. The summed E-state index contributed by atoms with van der Waals surface area (Å²) in [4.78, 5) is 2.13. The third kappa shape index (κ3) is 4.21. The van der Waals surface area contributed by atoms with Crippen molar-refractivity contribution in [3.8, 4) is 5.75 Å². The predicted octanol–water partition coefficient (Wildman–Crippen LogP) is 3.60. The Morgan fingerprint density at radius 3 is 2.52 bits per heavy atom. The maximum Gasteiger partial charge on any atom is 0.116 e. The van der Waals surface area contributed by atoms with Gasteiger partial charge in [-0.2, -0.15) is 0 Å². The molecule has 0 saturated carbocycles. The third-order valence-electron chi connectivity index (χ3n) is 3.57. The van der Waals surface area contributed by atoms with Crippen molar-refractivity contribution in [1.29, 1.82) is 0 Å². The Balaban J connectivity index is 2.19. The van der Waals surface area contributed by atoms with Gasteiger partial charge in [-0.25, -0.2) is 0 Å². The molecule has 21 heavy (non-hydrogen) atoms.